The summed E-state index contributed by atoms with van der Waals surface area (Å²) >= 11 is 0. The fraction of sp³-hybridized carbons (Fsp3) is 0.457. The third-order valence-corrected chi connectivity index (χ3v) is 22.2. The molecule has 75 heavy (non-hydrogen) atoms. The number of furan rings is 1. The van der Waals surface area contributed by atoms with Crippen molar-refractivity contribution in [3.63, 3.8) is 0 Å². The zero-order chi connectivity index (χ0) is 53.7. The molecule has 5 heteroatoms. The summed E-state index contributed by atoms with van der Waals surface area (Å²) in [6.07, 6.45) is 7.00. The summed E-state index contributed by atoms with van der Waals surface area (Å²) in [6.45, 7) is 46.4. The first-order chi connectivity index (χ1) is 34.8. The van der Waals surface area contributed by atoms with Gasteiger partial charge in [0.25, 0.3) is 6.71 Å². The molecule has 3 heterocycles. The van der Waals surface area contributed by atoms with Gasteiger partial charge in [-0.05, 0) is 198 Å². The molecule has 0 saturated heterocycles. The average Bonchev–Trinajstić information content (AvgIpc) is 3.73. The van der Waals surface area contributed by atoms with Gasteiger partial charge in [0.1, 0.15) is 5.58 Å². The van der Waals surface area contributed by atoms with Crippen LogP contribution in [0.2, 0.25) is 19.6 Å². The molecule has 6 aromatic carbocycles. The molecule has 0 N–H and O–H groups in total. The lowest BCUT2D eigenvalue weighted by Gasteiger charge is -2.46. The van der Waals surface area contributed by atoms with Crippen LogP contribution in [0.5, 0.6) is 0 Å². The number of nitrogens with zero attached hydrogens (tertiary/aromatic N) is 2. The van der Waals surface area contributed by atoms with Gasteiger partial charge in [0, 0.05) is 39.3 Å². The van der Waals surface area contributed by atoms with Crippen LogP contribution in [0.15, 0.2) is 101 Å². The fourth-order valence-electron chi connectivity index (χ4n) is 14.6. The monoisotopic (exact) mass is 1010 g/mol. The average molecular weight is 1010 g/mol. The Kier molecular flexibility index (Phi) is 10.7. The second kappa shape index (κ2) is 15.9. The molecular weight excluding hydrogens is 924 g/mol. The second-order valence-corrected chi connectivity index (χ2v) is 35.4. The van der Waals surface area contributed by atoms with Crippen LogP contribution < -0.4 is 31.4 Å². The van der Waals surface area contributed by atoms with Crippen molar-refractivity contribution < 1.29 is 4.42 Å². The largest absolute Gasteiger partial charge is 0.440 e. The minimum Gasteiger partial charge on any atom is -0.440 e. The Hall–Kier alpha value is -5.26. The number of anilines is 6. The summed E-state index contributed by atoms with van der Waals surface area (Å²) in [6, 6.07) is 40.0. The Bertz CT molecular complexity index is 3550. The number of hydrogen-bond acceptors (Lipinski definition) is 3. The van der Waals surface area contributed by atoms with E-state index in [1.54, 1.807) is 0 Å². The number of benzene rings is 6. The fourth-order valence-corrected chi connectivity index (χ4v) is 15.7. The predicted molar refractivity (Wildman–Crippen MR) is 328 cm³/mol. The summed E-state index contributed by atoms with van der Waals surface area (Å²) in [5.41, 5.74) is 25.4. The summed E-state index contributed by atoms with van der Waals surface area (Å²) in [5.74, 6) is 0.957. The SMILES string of the molecule is Cc1cc2c(cc1N1c3cc(C(C)(C)C)ccc3B3c4c1cc(-c1ccc([Si](C)(C)C)cc1)cc4N(c1ccc4c(c1)C(C)(C)CCC4(C)C)c1oc4cc5c(cc4c13)C(C)(C)CCC5(C)C)C(C)(C)CCC2(C)C. The molecule has 388 valence electrons. The van der Waals surface area contributed by atoms with Crippen LogP contribution in [0.25, 0.3) is 22.1 Å². The smallest absolute Gasteiger partial charge is 0.257 e. The summed E-state index contributed by atoms with van der Waals surface area (Å²) < 4.78 is 7.72. The molecule has 0 saturated carbocycles. The summed E-state index contributed by atoms with van der Waals surface area (Å²) in [4.78, 5) is 5.31. The molecule has 1 aromatic heterocycles. The zero-order valence-electron chi connectivity index (χ0n) is 49.4. The minimum atomic E-state index is -1.56. The molecule has 0 radical (unpaired) electrons. The lowest BCUT2D eigenvalue weighted by molar-refractivity contribution is 0.332. The zero-order valence-corrected chi connectivity index (χ0v) is 50.4. The highest BCUT2D eigenvalue weighted by atomic mass is 28.3. The van der Waals surface area contributed by atoms with Crippen molar-refractivity contribution in [3.8, 4) is 11.1 Å². The lowest BCUT2D eigenvalue weighted by Crippen LogP contribution is -2.61. The van der Waals surface area contributed by atoms with E-state index in [-0.39, 0.29) is 44.6 Å². The van der Waals surface area contributed by atoms with Gasteiger partial charge in [-0.3, -0.25) is 4.90 Å². The first-order valence-corrected chi connectivity index (χ1v) is 32.2. The van der Waals surface area contributed by atoms with Gasteiger partial charge in [0.15, 0.2) is 0 Å². The lowest BCUT2D eigenvalue weighted by atomic mass is 9.33. The van der Waals surface area contributed by atoms with Gasteiger partial charge in [-0.25, -0.2) is 0 Å². The highest BCUT2D eigenvalue weighted by molar-refractivity contribution is 7.01. The number of rotatable bonds is 4. The molecule has 5 aliphatic rings. The molecule has 7 aromatic rings. The Balaban J connectivity index is 1.24. The van der Waals surface area contributed by atoms with Crippen LogP contribution in [0.3, 0.4) is 0 Å². The topological polar surface area (TPSA) is 19.6 Å². The third kappa shape index (κ3) is 7.68. The van der Waals surface area contributed by atoms with E-state index in [4.69, 9.17) is 4.42 Å². The highest BCUT2D eigenvalue weighted by Crippen LogP contribution is 2.55. The quantitative estimate of drug-likeness (QED) is 0.164. The molecule has 0 atom stereocenters. The molecule has 3 nitrogen and oxygen atoms in total. The molecule has 2 aliphatic heterocycles. The van der Waals surface area contributed by atoms with Gasteiger partial charge in [0.05, 0.1) is 8.07 Å². The Morgan fingerprint density at radius 2 is 0.973 bits per heavy atom. The van der Waals surface area contributed by atoms with Crippen molar-refractivity contribution in [2.75, 3.05) is 9.80 Å². The van der Waals surface area contributed by atoms with Crippen molar-refractivity contribution in [1.29, 1.82) is 0 Å². The maximum atomic E-state index is 7.72. The summed E-state index contributed by atoms with van der Waals surface area (Å²) in [5, 5.41) is 2.73. The van der Waals surface area contributed by atoms with Crippen molar-refractivity contribution in [2.24, 2.45) is 0 Å². The molecule has 0 amide bonds. The molecule has 0 bridgehead atoms. The van der Waals surface area contributed by atoms with E-state index in [0.29, 0.717) is 0 Å². The Morgan fingerprint density at radius 3 is 1.53 bits per heavy atom. The Morgan fingerprint density at radius 1 is 0.467 bits per heavy atom. The van der Waals surface area contributed by atoms with Gasteiger partial charge in [-0.1, -0.05) is 177 Å². The highest BCUT2D eigenvalue weighted by Gasteiger charge is 2.49. The summed E-state index contributed by atoms with van der Waals surface area (Å²) in [7, 11) is -1.56. The van der Waals surface area contributed by atoms with Crippen LogP contribution in [-0.2, 0) is 37.9 Å². The van der Waals surface area contributed by atoms with Crippen LogP contribution in [0, 0.1) is 6.92 Å². The first-order valence-electron chi connectivity index (χ1n) is 28.7. The second-order valence-electron chi connectivity index (χ2n) is 30.3. The van der Waals surface area contributed by atoms with E-state index in [1.165, 1.54) is 130 Å². The molecule has 12 rings (SSSR count). The van der Waals surface area contributed by atoms with Gasteiger partial charge in [0.2, 0.25) is 5.88 Å². The van der Waals surface area contributed by atoms with E-state index in [1.807, 2.05) is 0 Å². The van der Waals surface area contributed by atoms with E-state index < -0.39 is 8.07 Å². The van der Waals surface area contributed by atoms with Gasteiger partial charge in [-0.15, -0.1) is 0 Å². The Labute approximate surface area is 453 Å². The standard InChI is InChI=1S/C70H85BN2OSi/c1-42-34-50-53(69(13,14)32-30-66(50,7)8)40-56(42)73-57-37-45(64(2,3)4)22-27-55(57)71-61-48-39-52-54(70(15,16)33-31-68(52,11)12)41-60(48)74-63(61)72(46-23-26-49-51(38-46)67(9,10)29-28-65(49,5)6)58-35-44(36-59(73)62(58)71)43-20-24-47(25-21-43)75(17,18)19/h20-27,34-41H,28-33H2,1-19H3. The van der Waals surface area contributed by atoms with Crippen LogP contribution in [0.1, 0.15) is 187 Å². The molecule has 3 aliphatic carbocycles. The maximum absolute atomic E-state index is 7.72. The normalized spacial score (nSPS) is 20.2. The number of hydrogen-bond donors (Lipinski definition) is 0. The van der Waals surface area contributed by atoms with Gasteiger partial charge < -0.3 is 9.32 Å². The van der Waals surface area contributed by atoms with Gasteiger partial charge in [-0.2, -0.15) is 0 Å². The van der Waals surface area contributed by atoms with E-state index in [0.717, 1.165) is 30.7 Å². The van der Waals surface area contributed by atoms with Crippen molar-refractivity contribution in [1.82, 2.24) is 0 Å². The molecular formula is C70H85BN2OSi. The van der Waals surface area contributed by atoms with Crippen LogP contribution in [0.4, 0.5) is 34.3 Å². The minimum absolute atomic E-state index is 0.0261. The van der Waals surface area contributed by atoms with Crippen LogP contribution in [-0.4, -0.2) is 14.8 Å². The van der Waals surface area contributed by atoms with Crippen molar-refractivity contribution >= 4 is 81.7 Å². The van der Waals surface area contributed by atoms with Gasteiger partial charge >= 0.3 is 0 Å². The third-order valence-electron chi connectivity index (χ3n) is 20.1. The van der Waals surface area contributed by atoms with E-state index in [2.05, 4.69) is 237 Å². The first kappa shape index (κ1) is 50.6. The number of fused-ring (bicyclic) bond motifs is 9. The molecule has 0 spiro atoms. The van der Waals surface area contributed by atoms with E-state index in [9.17, 15) is 0 Å². The molecule has 0 unspecified atom stereocenters. The predicted octanol–water partition coefficient (Wildman–Crippen LogP) is 17.4. The number of aryl methyl sites for hydroxylation is 1. The van der Waals surface area contributed by atoms with Crippen LogP contribution >= 0.6 is 0 Å². The molecule has 0 fully saturated rings. The van der Waals surface area contributed by atoms with E-state index >= 15 is 0 Å². The maximum Gasteiger partial charge on any atom is 0.257 e. The van der Waals surface area contributed by atoms with Crippen molar-refractivity contribution in [3.05, 3.63) is 142 Å². The van der Waals surface area contributed by atoms with Crippen molar-refractivity contribution in [2.45, 2.75) is 207 Å².